The highest BCUT2D eigenvalue weighted by Crippen LogP contribution is 2.40. The van der Waals surface area contributed by atoms with Gasteiger partial charge < -0.3 is 28.5 Å². The highest BCUT2D eigenvalue weighted by Gasteiger charge is 2.22. The smallest absolute Gasteiger partial charge is 0.238 e. The Morgan fingerprint density at radius 3 is 1.46 bits per heavy atom. The van der Waals surface area contributed by atoms with E-state index >= 15 is 0 Å². The van der Waals surface area contributed by atoms with Crippen LogP contribution in [0.3, 0.4) is 0 Å². The quantitative estimate of drug-likeness (QED) is 0.132. The first-order chi connectivity index (χ1) is 24.6. The molecule has 7 rings (SSSR count). The van der Waals surface area contributed by atoms with Gasteiger partial charge >= 0.3 is 0 Å². The maximum Gasteiger partial charge on any atom is 0.238 e. The normalized spacial score (nSPS) is 10.9. The minimum Gasteiger partial charge on any atom is -0.502 e. The van der Waals surface area contributed by atoms with Crippen LogP contribution in [0.2, 0.25) is 0 Å². The van der Waals surface area contributed by atoms with E-state index in [4.69, 9.17) is 23.4 Å². The van der Waals surface area contributed by atoms with E-state index in [-0.39, 0.29) is 35.7 Å². The Balaban J connectivity index is 1.26. The molecule has 0 amide bonds. The van der Waals surface area contributed by atoms with Crippen LogP contribution in [0.5, 0.6) is 28.7 Å². The second kappa shape index (κ2) is 15.2. The summed E-state index contributed by atoms with van der Waals surface area (Å²) in [4.78, 5) is 13.9. The first-order valence-corrected chi connectivity index (χ1v) is 16.3. The summed E-state index contributed by atoms with van der Waals surface area (Å²) in [5, 5.41) is 11.4. The van der Waals surface area contributed by atoms with Gasteiger partial charge in [-0.1, -0.05) is 121 Å². The molecule has 1 aromatic heterocycles. The number of benzene rings is 6. The fourth-order valence-corrected chi connectivity index (χ4v) is 5.47. The first-order valence-electron chi connectivity index (χ1n) is 16.3. The molecule has 7 aromatic rings. The summed E-state index contributed by atoms with van der Waals surface area (Å²) in [6, 6.07) is 47.4. The zero-order valence-electron chi connectivity index (χ0n) is 27.2. The molecule has 0 atom stereocenters. The predicted octanol–water partition coefficient (Wildman–Crippen LogP) is 9.48. The highest BCUT2D eigenvalue weighted by atomic mass is 16.5. The maximum absolute atomic E-state index is 13.9. The minimum absolute atomic E-state index is 0.0177. The Hall–Kier alpha value is -6.47. The molecule has 0 unspecified atom stereocenters. The topological polar surface area (TPSA) is 87.4 Å². The van der Waals surface area contributed by atoms with Crippen molar-refractivity contribution in [3.8, 4) is 40.1 Å². The summed E-state index contributed by atoms with van der Waals surface area (Å²) in [6.07, 6.45) is 0. The van der Waals surface area contributed by atoms with Gasteiger partial charge in [0.25, 0.3) is 0 Å². The monoisotopic (exact) mass is 662 g/mol. The number of ether oxygens (including phenoxy) is 4. The van der Waals surface area contributed by atoms with E-state index in [1.807, 2.05) is 121 Å². The largest absolute Gasteiger partial charge is 0.502 e. The molecular formula is C43H34O7. The molecule has 0 bridgehead atoms. The van der Waals surface area contributed by atoms with Crippen LogP contribution >= 0.6 is 0 Å². The Labute approximate surface area is 289 Å². The summed E-state index contributed by atoms with van der Waals surface area (Å²) in [6.45, 7) is 1.11. The summed E-state index contributed by atoms with van der Waals surface area (Å²) >= 11 is 0. The SMILES string of the molecule is O=c1c(O)c(-c2ccc(OCc3ccccc3)c(OCc3ccccc3)c2)oc2cc(OCc3ccccc3)cc(OCc3ccccc3)c12. The van der Waals surface area contributed by atoms with Gasteiger partial charge in [-0.05, 0) is 40.5 Å². The van der Waals surface area contributed by atoms with Crippen molar-refractivity contribution >= 4 is 11.0 Å². The third kappa shape index (κ3) is 7.63. The summed E-state index contributed by atoms with van der Waals surface area (Å²) in [5.74, 6) is 1.05. The van der Waals surface area contributed by atoms with Gasteiger partial charge in [0.05, 0.1) is 0 Å². The predicted molar refractivity (Wildman–Crippen MR) is 193 cm³/mol. The molecule has 0 radical (unpaired) electrons. The lowest BCUT2D eigenvalue weighted by atomic mass is 10.1. The standard InChI is InChI=1S/C43H34O7/c44-41-40-38(49-29-33-19-11-4-12-20-33)24-35(46-26-30-13-5-1-6-14-30)25-39(40)50-43(42(41)45)34-21-22-36(47-27-31-15-7-2-8-16-31)37(23-34)48-28-32-17-9-3-10-18-32/h1-25,45H,26-29H2. The van der Waals surface area contributed by atoms with Gasteiger partial charge in [-0.25, -0.2) is 0 Å². The fraction of sp³-hybridized carbons (Fsp3) is 0.0930. The fourth-order valence-electron chi connectivity index (χ4n) is 5.47. The minimum atomic E-state index is -0.630. The first kappa shape index (κ1) is 32.1. The summed E-state index contributed by atoms with van der Waals surface area (Å²) in [7, 11) is 0. The zero-order chi connectivity index (χ0) is 34.1. The van der Waals surface area contributed by atoms with Crippen molar-refractivity contribution in [2.75, 3.05) is 0 Å². The Morgan fingerprint density at radius 2 is 0.940 bits per heavy atom. The third-order valence-electron chi connectivity index (χ3n) is 8.07. The van der Waals surface area contributed by atoms with Gasteiger partial charge in [-0.2, -0.15) is 0 Å². The summed E-state index contributed by atoms with van der Waals surface area (Å²) < 4.78 is 31.1. The Bertz CT molecular complexity index is 2230. The molecular weight excluding hydrogens is 628 g/mol. The molecule has 0 aliphatic rings. The lowest BCUT2D eigenvalue weighted by molar-refractivity contribution is 0.256. The van der Waals surface area contributed by atoms with E-state index in [9.17, 15) is 9.90 Å². The second-order valence-corrected chi connectivity index (χ2v) is 11.7. The molecule has 0 aliphatic heterocycles. The third-order valence-corrected chi connectivity index (χ3v) is 8.07. The van der Waals surface area contributed by atoms with Gasteiger partial charge in [0.15, 0.2) is 17.3 Å². The Kier molecular flexibility index (Phi) is 9.74. The van der Waals surface area contributed by atoms with Crippen LogP contribution in [-0.4, -0.2) is 5.11 Å². The number of fused-ring (bicyclic) bond motifs is 1. The van der Waals surface area contributed by atoms with Crippen molar-refractivity contribution in [3.63, 3.8) is 0 Å². The molecule has 50 heavy (non-hydrogen) atoms. The molecule has 7 nitrogen and oxygen atoms in total. The molecule has 1 N–H and O–H groups in total. The van der Waals surface area contributed by atoms with E-state index in [0.717, 1.165) is 22.3 Å². The lowest BCUT2D eigenvalue weighted by Crippen LogP contribution is -2.07. The molecule has 248 valence electrons. The summed E-state index contributed by atoms with van der Waals surface area (Å²) in [5.41, 5.74) is 3.86. The average molecular weight is 663 g/mol. The van der Waals surface area contributed by atoms with Crippen LogP contribution in [0.25, 0.3) is 22.3 Å². The van der Waals surface area contributed by atoms with Crippen molar-refractivity contribution in [1.29, 1.82) is 0 Å². The van der Waals surface area contributed by atoms with Crippen LogP contribution in [-0.2, 0) is 26.4 Å². The van der Waals surface area contributed by atoms with Crippen LogP contribution < -0.4 is 24.4 Å². The van der Waals surface area contributed by atoms with E-state index < -0.39 is 11.2 Å². The van der Waals surface area contributed by atoms with E-state index in [1.165, 1.54) is 0 Å². The van der Waals surface area contributed by atoms with Crippen molar-refractivity contribution < 1.29 is 28.5 Å². The number of rotatable bonds is 13. The van der Waals surface area contributed by atoms with Crippen molar-refractivity contribution in [2.45, 2.75) is 26.4 Å². The molecule has 1 heterocycles. The van der Waals surface area contributed by atoms with Gasteiger partial charge in [-0.15, -0.1) is 0 Å². The molecule has 0 saturated heterocycles. The number of aromatic hydroxyl groups is 1. The molecule has 0 saturated carbocycles. The van der Waals surface area contributed by atoms with Crippen LogP contribution in [0.15, 0.2) is 161 Å². The van der Waals surface area contributed by atoms with Gasteiger partial charge in [0.1, 0.15) is 48.9 Å². The zero-order valence-corrected chi connectivity index (χ0v) is 27.2. The maximum atomic E-state index is 13.9. The second-order valence-electron chi connectivity index (χ2n) is 11.7. The molecule has 6 aromatic carbocycles. The molecule has 0 aliphatic carbocycles. The van der Waals surface area contributed by atoms with E-state index in [2.05, 4.69) is 0 Å². The lowest BCUT2D eigenvalue weighted by Gasteiger charge is -2.16. The Morgan fingerprint density at radius 1 is 0.480 bits per heavy atom. The number of hydrogen-bond donors (Lipinski definition) is 1. The van der Waals surface area contributed by atoms with Crippen LogP contribution in [0.1, 0.15) is 22.3 Å². The van der Waals surface area contributed by atoms with E-state index in [1.54, 1.807) is 30.3 Å². The number of hydrogen-bond acceptors (Lipinski definition) is 7. The highest BCUT2D eigenvalue weighted by molar-refractivity contribution is 5.88. The van der Waals surface area contributed by atoms with Crippen molar-refractivity contribution in [2.24, 2.45) is 0 Å². The van der Waals surface area contributed by atoms with Gasteiger partial charge in [0.2, 0.25) is 11.2 Å². The molecule has 0 spiro atoms. The molecule has 7 heteroatoms. The van der Waals surface area contributed by atoms with Crippen molar-refractivity contribution in [3.05, 3.63) is 184 Å². The van der Waals surface area contributed by atoms with Crippen LogP contribution in [0.4, 0.5) is 0 Å². The molecule has 0 fully saturated rings. The van der Waals surface area contributed by atoms with E-state index in [0.29, 0.717) is 36.0 Å². The van der Waals surface area contributed by atoms with Crippen molar-refractivity contribution in [1.82, 2.24) is 0 Å². The average Bonchev–Trinajstić information content (AvgIpc) is 3.17. The van der Waals surface area contributed by atoms with Crippen LogP contribution in [0, 0.1) is 0 Å². The van der Waals surface area contributed by atoms with Gasteiger partial charge in [-0.3, -0.25) is 4.79 Å². The van der Waals surface area contributed by atoms with Gasteiger partial charge in [0, 0.05) is 17.7 Å².